The van der Waals surface area contributed by atoms with Gasteiger partial charge in [0.2, 0.25) is 5.91 Å². The van der Waals surface area contributed by atoms with Gasteiger partial charge in [-0.15, -0.1) is 0 Å². The molecule has 2 atom stereocenters. The first kappa shape index (κ1) is 20.4. The first-order valence-electron chi connectivity index (χ1n) is 10.2. The molecule has 5 rings (SSSR count). The quantitative estimate of drug-likeness (QED) is 0.341. The summed E-state index contributed by atoms with van der Waals surface area (Å²) in [5.74, 6) is -1.31. The van der Waals surface area contributed by atoms with Gasteiger partial charge in [0.1, 0.15) is 17.7 Å². The van der Waals surface area contributed by atoms with Crippen LogP contribution in [-0.2, 0) is 9.59 Å². The van der Waals surface area contributed by atoms with E-state index >= 15 is 0 Å². The molecule has 0 aromatic heterocycles. The number of ether oxygens (including phenoxy) is 1. The van der Waals surface area contributed by atoms with Crippen LogP contribution < -0.4 is 14.6 Å². The summed E-state index contributed by atoms with van der Waals surface area (Å²) in [6, 6.07) is 20.9. The van der Waals surface area contributed by atoms with Gasteiger partial charge in [-0.25, -0.2) is 4.90 Å². The van der Waals surface area contributed by atoms with Crippen LogP contribution in [0.4, 0.5) is 17.1 Å². The molecule has 9 nitrogen and oxygen atoms in total. The Bertz CT molecular complexity index is 1290. The molecule has 0 radical (unpaired) electrons. The topological polar surface area (TPSA) is 105 Å². The largest absolute Gasteiger partial charge is 0.495 e. The van der Waals surface area contributed by atoms with Crippen molar-refractivity contribution >= 4 is 34.6 Å². The van der Waals surface area contributed by atoms with Crippen LogP contribution in [0.1, 0.15) is 5.56 Å². The zero-order valence-electron chi connectivity index (χ0n) is 17.5. The Morgan fingerprint density at radius 1 is 0.909 bits per heavy atom. The monoisotopic (exact) mass is 442 g/mol. The lowest BCUT2D eigenvalue weighted by molar-refractivity contribution is -0.384. The van der Waals surface area contributed by atoms with Crippen molar-refractivity contribution in [2.75, 3.05) is 17.0 Å². The highest BCUT2D eigenvalue weighted by atomic mass is 16.6. The number of nitro groups is 1. The molecule has 3 aromatic carbocycles. The number of imide groups is 1. The van der Waals surface area contributed by atoms with Gasteiger partial charge < -0.3 is 4.74 Å². The minimum Gasteiger partial charge on any atom is -0.495 e. The molecule has 2 heterocycles. The number of benzene rings is 3. The Balaban J connectivity index is 1.63. The minimum atomic E-state index is -0.880. The SMILES string of the molecule is COc1ccccc1N1C(=O)[C@H]2C(c3ccc([N+](=O)[O-])cc3)=NN(c3ccccc3)[C@H]2C1=O. The second-order valence-corrected chi connectivity index (χ2v) is 7.58. The Kier molecular flexibility index (Phi) is 4.86. The van der Waals surface area contributed by atoms with E-state index in [9.17, 15) is 19.7 Å². The number of non-ortho nitro benzene ring substituents is 1. The Morgan fingerprint density at radius 2 is 1.58 bits per heavy atom. The molecular weight excluding hydrogens is 424 g/mol. The Morgan fingerprint density at radius 3 is 2.24 bits per heavy atom. The average molecular weight is 442 g/mol. The number of carbonyl (C=O) groups is 2. The Labute approximate surface area is 188 Å². The third kappa shape index (κ3) is 3.21. The molecule has 0 aliphatic carbocycles. The summed E-state index contributed by atoms with van der Waals surface area (Å²) in [6.45, 7) is 0. The predicted molar refractivity (Wildman–Crippen MR) is 121 cm³/mol. The zero-order chi connectivity index (χ0) is 23.1. The highest BCUT2D eigenvalue weighted by Gasteiger charge is 2.57. The molecule has 3 aromatic rings. The smallest absolute Gasteiger partial charge is 0.269 e. The lowest BCUT2D eigenvalue weighted by atomic mass is 9.92. The van der Waals surface area contributed by atoms with Crippen molar-refractivity contribution in [2.24, 2.45) is 11.0 Å². The lowest BCUT2D eigenvalue weighted by Crippen LogP contribution is -2.39. The first-order chi connectivity index (χ1) is 16.0. The number of hydrogen-bond donors (Lipinski definition) is 0. The van der Waals surface area contributed by atoms with Gasteiger partial charge in [0.05, 0.1) is 29.1 Å². The number of amides is 2. The maximum Gasteiger partial charge on any atom is 0.269 e. The van der Waals surface area contributed by atoms with E-state index < -0.39 is 28.7 Å². The van der Waals surface area contributed by atoms with Crippen LogP contribution >= 0.6 is 0 Å². The normalized spacial score (nSPS) is 19.5. The summed E-state index contributed by atoms with van der Waals surface area (Å²) >= 11 is 0. The van der Waals surface area contributed by atoms with E-state index in [1.54, 1.807) is 41.4 Å². The molecule has 0 N–H and O–H groups in total. The second-order valence-electron chi connectivity index (χ2n) is 7.58. The number of carbonyl (C=O) groups excluding carboxylic acids is 2. The zero-order valence-corrected chi connectivity index (χ0v) is 17.5. The molecule has 0 unspecified atom stereocenters. The Hall–Kier alpha value is -4.53. The summed E-state index contributed by atoms with van der Waals surface area (Å²) in [5.41, 5.74) is 1.87. The number of fused-ring (bicyclic) bond motifs is 1. The number of hydrogen-bond acceptors (Lipinski definition) is 7. The fourth-order valence-electron chi connectivity index (χ4n) is 4.25. The van der Waals surface area contributed by atoms with Crippen LogP contribution in [0.25, 0.3) is 0 Å². The van der Waals surface area contributed by atoms with Gasteiger partial charge in [-0.05, 0) is 42.0 Å². The fraction of sp³-hybridized carbons (Fsp3) is 0.125. The molecule has 2 amide bonds. The number of rotatable bonds is 5. The van der Waals surface area contributed by atoms with Crippen LogP contribution in [0.3, 0.4) is 0 Å². The van der Waals surface area contributed by atoms with Crippen LogP contribution in [0, 0.1) is 16.0 Å². The molecule has 2 aliphatic heterocycles. The standard InChI is InChI=1S/C24H18N4O5/c1-33-19-10-6-5-9-18(19)26-23(29)20-21(15-11-13-17(14-12-15)28(31)32)25-27(22(20)24(26)30)16-7-3-2-4-8-16/h2-14,20,22H,1H3/t20-,22+/m0/s1. The predicted octanol–water partition coefficient (Wildman–Crippen LogP) is 3.39. The van der Waals surface area contributed by atoms with Crippen LogP contribution in [0.15, 0.2) is 84.0 Å². The number of hydrazone groups is 1. The van der Waals surface area contributed by atoms with E-state index in [-0.39, 0.29) is 5.69 Å². The van der Waals surface area contributed by atoms with Crippen LogP contribution in [0.5, 0.6) is 5.75 Å². The van der Waals surface area contributed by atoms with Gasteiger partial charge in [0, 0.05) is 12.1 Å². The maximum atomic E-state index is 13.6. The fourth-order valence-corrected chi connectivity index (χ4v) is 4.25. The molecular formula is C24H18N4O5. The average Bonchev–Trinajstić information content (AvgIpc) is 3.36. The highest BCUT2D eigenvalue weighted by Crippen LogP contribution is 2.41. The third-order valence-corrected chi connectivity index (χ3v) is 5.77. The molecule has 164 valence electrons. The van der Waals surface area contributed by atoms with Gasteiger partial charge in [-0.1, -0.05) is 30.3 Å². The summed E-state index contributed by atoms with van der Waals surface area (Å²) in [5, 5.41) is 17.3. The number of para-hydroxylation sites is 3. The number of nitro benzene ring substituents is 1. The van der Waals surface area contributed by atoms with Crippen molar-refractivity contribution in [3.8, 4) is 5.75 Å². The summed E-state index contributed by atoms with van der Waals surface area (Å²) in [6.07, 6.45) is 0. The lowest BCUT2D eigenvalue weighted by Gasteiger charge is -2.22. The van der Waals surface area contributed by atoms with Crippen molar-refractivity contribution in [1.29, 1.82) is 0 Å². The second kappa shape index (κ2) is 7.86. The molecule has 2 aliphatic rings. The molecule has 0 saturated carbocycles. The molecule has 9 heteroatoms. The van der Waals surface area contributed by atoms with Crippen molar-refractivity contribution in [3.05, 3.63) is 94.5 Å². The van der Waals surface area contributed by atoms with Gasteiger partial charge in [0.25, 0.3) is 11.6 Å². The highest BCUT2D eigenvalue weighted by molar-refractivity contribution is 6.34. The van der Waals surface area contributed by atoms with E-state index in [0.29, 0.717) is 28.4 Å². The third-order valence-electron chi connectivity index (χ3n) is 5.77. The molecule has 33 heavy (non-hydrogen) atoms. The van der Waals surface area contributed by atoms with Gasteiger partial charge in [-0.3, -0.25) is 24.7 Å². The van der Waals surface area contributed by atoms with E-state index in [1.165, 1.54) is 19.2 Å². The van der Waals surface area contributed by atoms with Crippen molar-refractivity contribution in [3.63, 3.8) is 0 Å². The summed E-state index contributed by atoms with van der Waals surface area (Å²) < 4.78 is 5.38. The van der Waals surface area contributed by atoms with Gasteiger partial charge >= 0.3 is 0 Å². The minimum absolute atomic E-state index is 0.0710. The van der Waals surface area contributed by atoms with E-state index in [4.69, 9.17) is 4.74 Å². The van der Waals surface area contributed by atoms with Crippen molar-refractivity contribution in [1.82, 2.24) is 0 Å². The van der Waals surface area contributed by atoms with Crippen molar-refractivity contribution < 1.29 is 19.2 Å². The molecule has 1 saturated heterocycles. The first-order valence-corrected chi connectivity index (χ1v) is 10.2. The molecule has 1 fully saturated rings. The van der Waals surface area contributed by atoms with E-state index in [0.717, 1.165) is 4.90 Å². The van der Waals surface area contributed by atoms with E-state index in [1.807, 2.05) is 30.3 Å². The van der Waals surface area contributed by atoms with E-state index in [2.05, 4.69) is 5.10 Å². The van der Waals surface area contributed by atoms with Crippen molar-refractivity contribution in [2.45, 2.75) is 6.04 Å². The summed E-state index contributed by atoms with van der Waals surface area (Å²) in [7, 11) is 1.48. The number of nitrogens with zero attached hydrogens (tertiary/aromatic N) is 4. The number of anilines is 2. The summed E-state index contributed by atoms with van der Waals surface area (Å²) in [4.78, 5) is 39.0. The van der Waals surface area contributed by atoms with Crippen LogP contribution in [0.2, 0.25) is 0 Å². The van der Waals surface area contributed by atoms with Crippen LogP contribution in [-0.4, -0.2) is 35.6 Å². The van der Waals surface area contributed by atoms with Gasteiger partial charge in [0.15, 0.2) is 0 Å². The molecule has 0 bridgehead atoms. The maximum absolute atomic E-state index is 13.6. The molecule has 0 spiro atoms. The van der Waals surface area contributed by atoms with Gasteiger partial charge in [-0.2, -0.15) is 5.10 Å². The number of methoxy groups -OCH3 is 1.